The number of alkyl halides is 6. The third kappa shape index (κ3) is 6.78. The fourth-order valence-corrected chi connectivity index (χ4v) is 6.36. The van der Waals surface area contributed by atoms with E-state index in [1.807, 2.05) is 0 Å². The van der Waals surface area contributed by atoms with Crippen LogP contribution in [-0.2, 0) is 34.2 Å². The number of aromatic nitrogens is 3. The fourth-order valence-electron chi connectivity index (χ4n) is 4.57. The molecule has 0 unspecified atom stereocenters. The number of carbonyl (C=O) groups excluding carboxylic acids is 1. The molecule has 18 heteroatoms. The number of aryl methyl sites for hydroxylation is 1. The Morgan fingerprint density at radius 1 is 0.957 bits per heavy atom. The van der Waals surface area contributed by atoms with Gasteiger partial charge in [-0.1, -0.05) is 17.7 Å². The first-order valence-electron chi connectivity index (χ1n) is 13.1. The summed E-state index contributed by atoms with van der Waals surface area (Å²) in [6.07, 6.45) is -9.76. The van der Waals surface area contributed by atoms with E-state index in [2.05, 4.69) is 4.37 Å². The van der Waals surface area contributed by atoms with Gasteiger partial charge in [-0.2, -0.15) is 30.7 Å². The maximum atomic E-state index is 13.3. The van der Waals surface area contributed by atoms with Gasteiger partial charge in [-0.05, 0) is 67.0 Å². The molecule has 0 spiro atoms. The largest absolute Gasteiger partial charge is 0.483 e. The molecular formula is C29H20F6N4O6S2. The van der Waals surface area contributed by atoms with Crippen molar-refractivity contribution in [2.75, 3.05) is 6.61 Å². The molecule has 47 heavy (non-hydrogen) atoms. The summed E-state index contributed by atoms with van der Waals surface area (Å²) in [4.78, 5) is 37.3. The van der Waals surface area contributed by atoms with Crippen molar-refractivity contribution >= 4 is 37.5 Å². The first kappa shape index (κ1) is 33.4. The second-order valence-electron chi connectivity index (χ2n) is 10.1. The molecular weight excluding hydrogens is 678 g/mol. The van der Waals surface area contributed by atoms with Crippen molar-refractivity contribution in [3.8, 4) is 22.7 Å². The summed E-state index contributed by atoms with van der Waals surface area (Å²) in [5.41, 5.74) is -3.89. The molecule has 1 N–H and O–H groups in total. The molecule has 0 bridgehead atoms. The molecule has 246 valence electrons. The van der Waals surface area contributed by atoms with Gasteiger partial charge >= 0.3 is 18.0 Å². The van der Waals surface area contributed by atoms with Crippen molar-refractivity contribution < 1.29 is 44.3 Å². The van der Waals surface area contributed by atoms with Gasteiger partial charge in [-0.25, -0.2) is 22.5 Å². The maximum Gasteiger partial charge on any atom is 0.431 e. The highest BCUT2D eigenvalue weighted by atomic mass is 32.2. The molecule has 5 aromatic rings. The minimum atomic E-state index is -4.94. The maximum absolute atomic E-state index is 13.3. The van der Waals surface area contributed by atoms with Crippen molar-refractivity contribution in [3.05, 3.63) is 104 Å². The molecule has 2 aromatic heterocycles. The molecule has 1 amide bonds. The number of benzene rings is 3. The Labute approximate surface area is 264 Å². The van der Waals surface area contributed by atoms with Crippen LogP contribution in [0.2, 0.25) is 0 Å². The van der Waals surface area contributed by atoms with Gasteiger partial charge in [-0.15, -0.1) is 0 Å². The van der Waals surface area contributed by atoms with Crippen molar-refractivity contribution in [3.63, 3.8) is 0 Å². The molecule has 0 aliphatic carbocycles. The van der Waals surface area contributed by atoms with Gasteiger partial charge in [0.25, 0.3) is 21.5 Å². The first-order valence-corrected chi connectivity index (χ1v) is 15.4. The van der Waals surface area contributed by atoms with Gasteiger partial charge in [0.15, 0.2) is 6.61 Å². The summed E-state index contributed by atoms with van der Waals surface area (Å²) >= 11 is 1.01. The van der Waals surface area contributed by atoms with Crippen LogP contribution in [0.5, 0.6) is 5.75 Å². The van der Waals surface area contributed by atoms with Gasteiger partial charge < -0.3 is 4.74 Å². The average molecular weight is 699 g/mol. The average Bonchev–Trinajstić information content (AvgIpc) is 3.40. The van der Waals surface area contributed by atoms with Crippen molar-refractivity contribution in [1.82, 2.24) is 18.2 Å². The lowest BCUT2D eigenvalue weighted by molar-refractivity contribution is -0.144. The van der Waals surface area contributed by atoms with Gasteiger partial charge in [0.05, 0.1) is 26.5 Å². The first-order chi connectivity index (χ1) is 21.9. The van der Waals surface area contributed by atoms with Crippen LogP contribution in [0.1, 0.15) is 16.8 Å². The lowest BCUT2D eigenvalue weighted by Gasteiger charge is -2.14. The Balaban J connectivity index is 1.46. The highest BCUT2D eigenvalue weighted by molar-refractivity contribution is 7.90. The fraction of sp³-hybridized carbons (Fsp3) is 0.172. The van der Waals surface area contributed by atoms with E-state index >= 15 is 0 Å². The highest BCUT2D eigenvalue weighted by Gasteiger charge is 2.35. The number of rotatable bonds is 7. The Kier molecular flexibility index (Phi) is 8.52. The Morgan fingerprint density at radius 3 is 2.36 bits per heavy atom. The van der Waals surface area contributed by atoms with Crippen LogP contribution < -0.4 is 20.7 Å². The molecule has 0 fully saturated rings. The molecule has 0 saturated heterocycles. The topological polar surface area (TPSA) is 129 Å². The van der Waals surface area contributed by atoms with E-state index in [9.17, 15) is 49.1 Å². The second-order valence-corrected chi connectivity index (χ2v) is 12.6. The quantitative estimate of drug-likeness (QED) is 0.236. The van der Waals surface area contributed by atoms with Crippen molar-refractivity contribution in [2.45, 2.75) is 24.2 Å². The second kappa shape index (κ2) is 12.0. The van der Waals surface area contributed by atoms with E-state index in [1.54, 1.807) is 23.8 Å². The van der Waals surface area contributed by atoms with E-state index in [4.69, 9.17) is 4.74 Å². The Morgan fingerprint density at radius 2 is 1.68 bits per heavy atom. The highest BCUT2D eigenvalue weighted by Crippen LogP contribution is 2.38. The molecule has 0 aliphatic rings. The number of fused-ring (bicyclic) bond motifs is 1. The third-order valence-corrected chi connectivity index (χ3v) is 8.99. The van der Waals surface area contributed by atoms with Crippen LogP contribution in [0.15, 0.2) is 81.2 Å². The number of hydrogen-bond acceptors (Lipinski definition) is 8. The smallest absolute Gasteiger partial charge is 0.431 e. The normalized spacial score (nSPS) is 12.3. The van der Waals surface area contributed by atoms with Crippen LogP contribution in [0.25, 0.3) is 27.0 Å². The van der Waals surface area contributed by atoms with E-state index < -0.39 is 62.3 Å². The number of nitrogens with one attached hydrogen (secondary N) is 1. The molecule has 0 aliphatic heterocycles. The predicted octanol–water partition coefficient (Wildman–Crippen LogP) is 5.04. The summed E-state index contributed by atoms with van der Waals surface area (Å²) in [7, 11) is -3.81. The van der Waals surface area contributed by atoms with Gasteiger partial charge in [0.1, 0.15) is 11.4 Å². The standard InChI is InChI=1S/C29H20F6N4O6S2/c1-15-6-8-21(45-14-24(40)37-47(43,44)18-5-3-4-16(11-18)28(30,31)32)19(10-15)26-20-12-17(7-9-22(20)46-36-26)39-25(41)13-23(29(33,34)35)38(2)27(39)42/h3-13H,14H2,1-2H3,(H,37,40). The minimum absolute atomic E-state index is 0.0439. The number of amides is 1. The summed E-state index contributed by atoms with van der Waals surface area (Å²) in [5, 5.41) is 0.369. The third-order valence-electron chi connectivity index (χ3n) is 6.79. The lowest BCUT2D eigenvalue weighted by Crippen LogP contribution is -2.40. The van der Waals surface area contributed by atoms with Crippen LogP contribution in [-0.4, -0.2) is 34.4 Å². The van der Waals surface area contributed by atoms with Gasteiger partial charge in [-0.3, -0.25) is 14.2 Å². The van der Waals surface area contributed by atoms with Crippen molar-refractivity contribution in [1.29, 1.82) is 0 Å². The van der Waals surface area contributed by atoms with Crippen LogP contribution in [0, 0.1) is 6.92 Å². The summed E-state index contributed by atoms with van der Waals surface area (Å²) in [6.45, 7) is 0.853. The number of carbonyl (C=O) groups is 1. The zero-order valence-electron chi connectivity index (χ0n) is 23.9. The van der Waals surface area contributed by atoms with E-state index in [1.165, 1.54) is 24.3 Å². The van der Waals surface area contributed by atoms with E-state index in [0.717, 1.165) is 30.7 Å². The van der Waals surface area contributed by atoms with Crippen LogP contribution in [0.3, 0.4) is 0 Å². The summed E-state index contributed by atoms with van der Waals surface area (Å²) in [5.74, 6) is -1.15. The predicted molar refractivity (Wildman–Crippen MR) is 158 cm³/mol. The zero-order chi connectivity index (χ0) is 34.5. The monoisotopic (exact) mass is 698 g/mol. The van der Waals surface area contributed by atoms with E-state index in [0.29, 0.717) is 48.5 Å². The molecule has 0 atom stereocenters. The molecule has 2 heterocycles. The number of nitrogens with zero attached hydrogens (tertiary/aromatic N) is 3. The van der Waals surface area contributed by atoms with Crippen LogP contribution in [0.4, 0.5) is 26.3 Å². The molecule has 3 aromatic carbocycles. The van der Waals surface area contributed by atoms with Gasteiger partial charge in [0, 0.05) is 24.1 Å². The molecule has 0 saturated carbocycles. The zero-order valence-corrected chi connectivity index (χ0v) is 25.6. The summed E-state index contributed by atoms with van der Waals surface area (Å²) < 4.78 is 117. The molecule has 10 nitrogen and oxygen atoms in total. The SMILES string of the molecule is Cc1ccc(OCC(=O)NS(=O)(=O)c2cccc(C(F)(F)F)c2)c(-c2nsc3ccc(-n4c(=O)cc(C(F)(F)F)n(C)c4=O)cc23)c1. The molecule has 5 rings (SSSR count). The summed E-state index contributed by atoms with van der Waals surface area (Å²) in [6, 6.07) is 12.1. The van der Waals surface area contributed by atoms with Crippen LogP contribution >= 0.6 is 11.5 Å². The number of sulfonamides is 1. The number of ether oxygens (including phenoxy) is 1. The lowest BCUT2D eigenvalue weighted by atomic mass is 10.0. The van der Waals surface area contributed by atoms with Crippen molar-refractivity contribution in [2.24, 2.45) is 7.05 Å². The van der Waals surface area contributed by atoms with E-state index in [-0.39, 0.29) is 17.1 Å². The van der Waals surface area contributed by atoms with Gasteiger partial charge in [0.2, 0.25) is 0 Å². The Hall–Kier alpha value is -4.97. The Bertz CT molecular complexity index is 2270. The number of halogens is 6. The minimum Gasteiger partial charge on any atom is -0.483 e. The molecule has 0 radical (unpaired) electrons. The number of hydrogen-bond donors (Lipinski definition) is 1.